The first kappa shape index (κ1) is 13.6. The summed E-state index contributed by atoms with van der Waals surface area (Å²) in [4.78, 5) is 9.78. The molecule has 0 saturated heterocycles. The quantitative estimate of drug-likeness (QED) is 0.643. The van der Waals surface area contributed by atoms with Gasteiger partial charge in [0, 0.05) is 12.1 Å². The molecule has 0 spiro atoms. The summed E-state index contributed by atoms with van der Waals surface area (Å²) in [6.07, 6.45) is 0. The summed E-state index contributed by atoms with van der Waals surface area (Å²) in [6, 6.07) is 4.68. The minimum absolute atomic E-state index is 0.283. The van der Waals surface area contributed by atoms with Crippen LogP contribution in [0.15, 0.2) is 29.2 Å². The molecule has 0 saturated carbocycles. The third-order valence-corrected chi connectivity index (χ3v) is 4.96. The van der Waals surface area contributed by atoms with Crippen LogP contribution in [0, 0.1) is 10.1 Å². The second kappa shape index (κ2) is 4.80. The van der Waals surface area contributed by atoms with Crippen molar-refractivity contribution in [3.8, 4) is 0 Å². The molecule has 0 heterocycles. The van der Waals surface area contributed by atoms with E-state index in [-0.39, 0.29) is 4.90 Å². The molecule has 0 aliphatic heterocycles. The molecule has 1 aromatic carbocycles. The number of hydrogen-bond acceptors (Lipinski definition) is 5. The van der Waals surface area contributed by atoms with Crippen molar-refractivity contribution >= 4 is 15.5 Å². The van der Waals surface area contributed by atoms with Crippen molar-refractivity contribution in [2.75, 3.05) is 0 Å². The third-order valence-electron chi connectivity index (χ3n) is 2.60. The normalized spacial score (nSPS) is 15.2. The van der Waals surface area contributed by atoms with Crippen molar-refractivity contribution in [1.82, 2.24) is 0 Å². The molecule has 2 atom stereocenters. The molecule has 0 aliphatic rings. The molecule has 0 radical (unpaired) electrons. The standard InChI is InChI=1S/C10H14N2O4S/c1-7(11)8(2)17(15,16)10-6-4-3-5-9(10)12(13)14/h3-8H,11H2,1-2H3. The van der Waals surface area contributed by atoms with Crippen LogP contribution >= 0.6 is 0 Å². The van der Waals surface area contributed by atoms with E-state index in [9.17, 15) is 18.5 Å². The molecule has 94 valence electrons. The van der Waals surface area contributed by atoms with Crippen LogP contribution in [0.3, 0.4) is 0 Å². The van der Waals surface area contributed by atoms with Crippen LogP contribution in [-0.4, -0.2) is 24.6 Å². The minimum Gasteiger partial charge on any atom is -0.327 e. The fourth-order valence-electron chi connectivity index (χ4n) is 1.33. The summed E-state index contributed by atoms with van der Waals surface area (Å²) in [5, 5.41) is 9.90. The van der Waals surface area contributed by atoms with Crippen LogP contribution in [0.2, 0.25) is 0 Å². The Morgan fingerprint density at radius 2 is 1.82 bits per heavy atom. The van der Waals surface area contributed by atoms with Gasteiger partial charge in [0.05, 0.1) is 10.2 Å². The highest BCUT2D eigenvalue weighted by Crippen LogP contribution is 2.27. The second-order valence-corrected chi connectivity index (χ2v) is 6.11. The van der Waals surface area contributed by atoms with Crippen molar-refractivity contribution in [3.05, 3.63) is 34.4 Å². The van der Waals surface area contributed by atoms with Crippen molar-refractivity contribution in [2.24, 2.45) is 5.73 Å². The van der Waals surface area contributed by atoms with Gasteiger partial charge in [0.1, 0.15) is 4.90 Å². The molecular formula is C10H14N2O4S. The van der Waals surface area contributed by atoms with E-state index in [1.165, 1.54) is 31.2 Å². The monoisotopic (exact) mass is 258 g/mol. The number of benzene rings is 1. The first-order valence-electron chi connectivity index (χ1n) is 5.01. The molecule has 1 aromatic rings. The Labute approximate surface area is 99.5 Å². The Bertz CT molecular complexity index is 525. The molecule has 0 aromatic heterocycles. The zero-order chi connectivity index (χ0) is 13.2. The topological polar surface area (TPSA) is 103 Å². The lowest BCUT2D eigenvalue weighted by Gasteiger charge is -2.16. The zero-order valence-corrected chi connectivity index (χ0v) is 10.3. The lowest BCUT2D eigenvalue weighted by Crippen LogP contribution is -2.36. The van der Waals surface area contributed by atoms with Crippen LogP contribution in [0.5, 0.6) is 0 Å². The second-order valence-electron chi connectivity index (χ2n) is 3.83. The van der Waals surface area contributed by atoms with Crippen molar-refractivity contribution in [2.45, 2.75) is 30.0 Å². The van der Waals surface area contributed by atoms with E-state index in [4.69, 9.17) is 5.73 Å². The van der Waals surface area contributed by atoms with Gasteiger partial charge in [-0.05, 0) is 19.9 Å². The van der Waals surface area contributed by atoms with E-state index >= 15 is 0 Å². The van der Waals surface area contributed by atoms with Crippen LogP contribution in [0.1, 0.15) is 13.8 Å². The number of para-hydroxylation sites is 1. The van der Waals surface area contributed by atoms with Gasteiger partial charge in [0.15, 0.2) is 9.84 Å². The largest absolute Gasteiger partial charge is 0.327 e. The summed E-state index contributed by atoms with van der Waals surface area (Å²) in [6.45, 7) is 2.99. The maximum atomic E-state index is 12.1. The van der Waals surface area contributed by atoms with E-state index in [0.717, 1.165) is 0 Å². The molecule has 0 fully saturated rings. The molecule has 0 amide bonds. The van der Waals surface area contributed by atoms with Crippen LogP contribution in [-0.2, 0) is 9.84 Å². The molecule has 1 rings (SSSR count). The fourth-order valence-corrected chi connectivity index (χ4v) is 3.00. The Hall–Kier alpha value is -1.47. The Morgan fingerprint density at radius 3 is 2.29 bits per heavy atom. The van der Waals surface area contributed by atoms with Gasteiger partial charge in [-0.1, -0.05) is 12.1 Å². The van der Waals surface area contributed by atoms with Crippen molar-refractivity contribution in [1.29, 1.82) is 0 Å². The van der Waals surface area contributed by atoms with Gasteiger partial charge in [0.25, 0.3) is 5.69 Å². The number of rotatable bonds is 4. The SMILES string of the molecule is CC(N)C(C)S(=O)(=O)c1ccccc1[N+](=O)[O-]. The summed E-state index contributed by atoms with van der Waals surface area (Å²) < 4.78 is 24.2. The van der Waals surface area contributed by atoms with Gasteiger partial charge in [-0.3, -0.25) is 10.1 Å². The highest BCUT2D eigenvalue weighted by molar-refractivity contribution is 7.92. The molecule has 6 nitrogen and oxygen atoms in total. The lowest BCUT2D eigenvalue weighted by molar-refractivity contribution is -0.387. The Morgan fingerprint density at radius 1 is 1.29 bits per heavy atom. The number of hydrogen-bond donors (Lipinski definition) is 1. The van der Waals surface area contributed by atoms with E-state index < -0.39 is 31.7 Å². The predicted octanol–water partition coefficient (Wildman–Crippen LogP) is 1.10. The van der Waals surface area contributed by atoms with Crippen molar-refractivity contribution in [3.63, 3.8) is 0 Å². The van der Waals surface area contributed by atoms with Gasteiger partial charge in [-0.2, -0.15) is 0 Å². The number of sulfone groups is 1. The van der Waals surface area contributed by atoms with Crippen molar-refractivity contribution < 1.29 is 13.3 Å². The summed E-state index contributed by atoms with van der Waals surface area (Å²) in [5.41, 5.74) is 5.12. The van der Waals surface area contributed by atoms with E-state index in [2.05, 4.69) is 0 Å². The highest BCUT2D eigenvalue weighted by Gasteiger charge is 2.32. The molecule has 0 bridgehead atoms. The number of nitro groups is 1. The number of nitrogens with zero attached hydrogens (tertiary/aromatic N) is 1. The molecular weight excluding hydrogens is 244 g/mol. The molecule has 7 heteroatoms. The molecule has 2 N–H and O–H groups in total. The average Bonchev–Trinajstić information content (AvgIpc) is 2.27. The minimum atomic E-state index is -3.78. The van der Waals surface area contributed by atoms with Crippen LogP contribution in [0.25, 0.3) is 0 Å². The summed E-state index contributed by atoms with van der Waals surface area (Å²) in [5.74, 6) is 0. The number of nitrogens with two attached hydrogens (primary N) is 1. The first-order valence-corrected chi connectivity index (χ1v) is 6.56. The van der Waals surface area contributed by atoms with Gasteiger partial charge in [-0.15, -0.1) is 0 Å². The third kappa shape index (κ3) is 2.62. The van der Waals surface area contributed by atoms with Crippen LogP contribution in [0.4, 0.5) is 5.69 Å². The smallest absolute Gasteiger partial charge is 0.287 e. The van der Waals surface area contributed by atoms with Gasteiger partial charge < -0.3 is 5.73 Å². The average molecular weight is 258 g/mol. The molecule has 0 aliphatic carbocycles. The van der Waals surface area contributed by atoms with Gasteiger partial charge in [-0.25, -0.2) is 8.42 Å². The van der Waals surface area contributed by atoms with Crippen LogP contribution < -0.4 is 5.73 Å². The lowest BCUT2D eigenvalue weighted by atomic mass is 10.3. The van der Waals surface area contributed by atoms with E-state index in [1.807, 2.05) is 0 Å². The maximum Gasteiger partial charge on any atom is 0.287 e. The van der Waals surface area contributed by atoms with E-state index in [1.54, 1.807) is 6.92 Å². The van der Waals surface area contributed by atoms with E-state index in [0.29, 0.717) is 0 Å². The summed E-state index contributed by atoms with van der Waals surface area (Å²) >= 11 is 0. The summed E-state index contributed by atoms with van der Waals surface area (Å²) in [7, 11) is -3.78. The van der Waals surface area contributed by atoms with Gasteiger partial charge >= 0.3 is 0 Å². The first-order chi connectivity index (χ1) is 7.78. The maximum absolute atomic E-state index is 12.1. The zero-order valence-electron chi connectivity index (χ0n) is 9.53. The fraction of sp³-hybridized carbons (Fsp3) is 0.400. The van der Waals surface area contributed by atoms with Gasteiger partial charge in [0.2, 0.25) is 0 Å². The Balaban J connectivity index is 3.39. The molecule has 17 heavy (non-hydrogen) atoms. The molecule has 2 unspecified atom stereocenters. The highest BCUT2D eigenvalue weighted by atomic mass is 32.2. The number of nitro benzene ring substituents is 1. The predicted molar refractivity (Wildman–Crippen MR) is 63.4 cm³/mol. The Kier molecular flexibility index (Phi) is 3.84.